The van der Waals surface area contributed by atoms with E-state index in [2.05, 4.69) is 5.32 Å². The first-order chi connectivity index (χ1) is 15.5. The maximum atomic E-state index is 13.9. The number of fused-ring (bicyclic) bond motifs is 1. The number of hydrogen-bond acceptors (Lipinski definition) is 3. The van der Waals surface area contributed by atoms with Crippen LogP contribution in [0.15, 0.2) is 78.9 Å². The van der Waals surface area contributed by atoms with E-state index in [1.54, 1.807) is 18.2 Å². The van der Waals surface area contributed by atoms with Gasteiger partial charge in [0.2, 0.25) is 0 Å². The van der Waals surface area contributed by atoms with Gasteiger partial charge in [-0.25, -0.2) is 8.78 Å². The highest BCUT2D eigenvalue weighted by atomic mass is 19.1. The maximum absolute atomic E-state index is 13.9. The number of rotatable bonds is 7. The fourth-order valence-electron chi connectivity index (χ4n) is 3.35. The third-order valence-electron chi connectivity index (χ3n) is 4.94. The quantitative estimate of drug-likeness (QED) is 0.370. The minimum Gasteiger partial charge on any atom is -0.493 e. The summed E-state index contributed by atoms with van der Waals surface area (Å²) in [6, 6.07) is 21.9. The molecule has 6 heteroatoms. The molecule has 0 heterocycles. The highest BCUT2D eigenvalue weighted by molar-refractivity contribution is 6.04. The number of amides is 1. The van der Waals surface area contributed by atoms with E-state index >= 15 is 0 Å². The van der Waals surface area contributed by atoms with Gasteiger partial charge in [0.25, 0.3) is 5.91 Å². The minimum absolute atomic E-state index is 0.156. The number of ether oxygens (including phenoxy) is 2. The van der Waals surface area contributed by atoms with Crippen LogP contribution < -0.4 is 14.8 Å². The number of carbonyl (C=O) groups excluding carboxylic acids is 1. The molecule has 1 N–H and O–H groups in total. The lowest BCUT2D eigenvalue weighted by Gasteiger charge is -2.14. The summed E-state index contributed by atoms with van der Waals surface area (Å²) in [5.41, 5.74) is 0.384. The summed E-state index contributed by atoms with van der Waals surface area (Å²) in [6.45, 7) is 2.45. The predicted octanol–water partition coefficient (Wildman–Crippen LogP) is 6.35. The van der Waals surface area contributed by atoms with Crippen LogP contribution in [-0.2, 0) is 6.61 Å². The van der Waals surface area contributed by atoms with Crippen LogP contribution in [0.5, 0.6) is 11.5 Å². The molecule has 0 aliphatic rings. The third kappa shape index (κ3) is 4.70. The SMILES string of the molecule is CCOc1ccc(C(=O)Nc2c(F)cccc2F)cc1COc1ccc2ccccc2c1. The molecule has 0 unspecified atom stereocenters. The molecule has 4 aromatic rings. The zero-order valence-electron chi connectivity index (χ0n) is 17.4. The second-order valence-electron chi connectivity index (χ2n) is 7.10. The molecule has 0 saturated heterocycles. The van der Waals surface area contributed by atoms with Crippen molar-refractivity contribution in [3.8, 4) is 11.5 Å². The number of nitrogens with one attached hydrogen (secondary N) is 1. The van der Waals surface area contributed by atoms with Crippen molar-refractivity contribution in [1.29, 1.82) is 0 Å². The molecule has 4 rings (SSSR count). The van der Waals surface area contributed by atoms with E-state index in [0.29, 0.717) is 23.7 Å². The molecule has 1 amide bonds. The Kier molecular flexibility index (Phi) is 6.31. The first-order valence-corrected chi connectivity index (χ1v) is 10.2. The van der Waals surface area contributed by atoms with Crippen molar-refractivity contribution in [1.82, 2.24) is 0 Å². The molecule has 0 bridgehead atoms. The highest BCUT2D eigenvalue weighted by Gasteiger charge is 2.16. The lowest BCUT2D eigenvalue weighted by molar-refractivity contribution is 0.102. The third-order valence-corrected chi connectivity index (χ3v) is 4.94. The van der Waals surface area contributed by atoms with Crippen LogP contribution in [0.3, 0.4) is 0 Å². The molecule has 0 aliphatic carbocycles. The Morgan fingerprint density at radius 1 is 0.844 bits per heavy atom. The lowest BCUT2D eigenvalue weighted by atomic mass is 10.1. The van der Waals surface area contributed by atoms with Gasteiger partial charge in [0, 0.05) is 11.1 Å². The van der Waals surface area contributed by atoms with Gasteiger partial charge in [-0.15, -0.1) is 0 Å². The van der Waals surface area contributed by atoms with E-state index in [1.165, 1.54) is 6.07 Å². The van der Waals surface area contributed by atoms with Gasteiger partial charge in [-0.1, -0.05) is 36.4 Å². The van der Waals surface area contributed by atoms with Crippen molar-refractivity contribution >= 4 is 22.4 Å². The molecule has 0 aliphatic heterocycles. The topological polar surface area (TPSA) is 47.6 Å². The Hall–Kier alpha value is -3.93. The molecule has 162 valence electrons. The Morgan fingerprint density at radius 3 is 2.34 bits per heavy atom. The number of benzene rings is 4. The molecule has 0 aromatic heterocycles. The molecule has 4 nitrogen and oxygen atoms in total. The van der Waals surface area contributed by atoms with E-state index in [0.717, 1.165) is 22.9 Å². The second-order valence-corrected chi connectivity index (χ2v) is 7.10. The fraction of sp³-hybridized carbons (Fsp3) is 0.115. The van der Waals surface area contributed by atoms with E-state index in [9.17, 15) is 13.6 Å². The summed E-state index contributed by atoms with van der Waals surface area (Å²) in [6.07, 6.45) is 0. The van der Waals surface area contributed by atoms with Gasteiger partial charge in [-0.3, -0.25) is 4.79 Å². The molecule has 0 fully saturated rings. The molecule has 0 saturated carbocycles. The van der Waals surface area contributed by atoms with Crippen LogP contribution in [-0.4, -0.2) is 12.5 Å². The van der Waals surface area contributed by atoms with Crippen molar-refractivity contribution < 1.29 is 23.0 Å². The summed E-state index contributed by atoms with van der Waals surface area (Å²) >= 11 is 0. The molecule has 0 atom stereocenters. The highest BCUT2D eigenvalue weighted by Crippen LogP contribution is 2.26. The van der Waals surface area contributed by atoms with Crippen molar-refractivity contribution in [3.05, 3.63) is 102 Å². The largest absolute Gasteiger partial charge is 0.493 e. The average molecular weight is 433 g/mol. The van der Waals surface area contributed by atoms with Gasteiger partial charge in [-0.05, 0) is 60.2 Å². The van der Waals surface area contributed by atoms with Gasteiger partial charge in [0.05, 0.1) is 6.61 Å². The lowest BCUT2D eigenvalue weighted by Crippen LogP contribution is -2.15. The van der Waals surface area contributed by atoms with E-state index in [1.807, 2.05) is 49.4 Å². The number of hydrogen-bond donors (Lipinski definition) is 1. The molecule has 0 radical (unpaired) electrons. The Bertz CT molecular complexity index is 1250. The number of carbonyl (C=O) groups is 1. The Balaban J connectivity index is 1.56. The summed E-state index contributed by atoms with van der Waals surface area (Å²) in [4.78, 5) is 12.6. The Labute approximate surface area is 184 Å². The van der Waals surface area contributed by atoms with Crippen molar-refractivity contribution in [2.45, 2.75) is 13.5 Å². The summed E-state index contributed by atoms with van der Waals surface area (Å²) < 4.78 is 39.4. The number of halogens is 2. The first kappa shape index (κ1) is 21.3. The molecular weight excluding hydrogens is 412 g/mol. The Morgan fingerprint density at radius 2 is 1.59 bits per heavy atom. The zero-order valence-corrected chi connectivity index (χ0v) is 17.4. The number of para-hydroxylation sites is 1. The molecular formula is C26H21F2NO3. The smallest absolute Gasteiger partial charge is 0.255 e. The predicted molar refractivity (Wildman–Crippen MR) is 120 cm³/mol. The monoisotopic (exact) mass is 433 g/mol. The standard InChI is InChI=1S/C26H21F2NO3/c1-2-31-24-13-11-19(26(30)29-25-22(27)8-5-9-23(25)28)14-20(24)16-32-21-12-10-17-6-3-4-7-18(17)15-21/h3-15H,2,16H2,1H3,(H,29,30). The zero-order chi connectivity index (χ0) is 22.5. The van der Waals surface area contributed by atoms with Crippen molar-refractivity contribution in [2.24, 2.45) is 0 Å². The van der Waals surface area contributed by atoms with Crippen molar-refractivity contribution in [2.75, 3.05) is 11.9 Å². The van der Waals surface area contributed by atoms with Gasteiger partial charge in [0.1, 0.15) is 35.4 Å². The van der Waals surface area contributed by atoms with Gasteiger partial charge >= 0.3 is 0 Å². The van der Waals surface area contributed by atoms with Crippen LogP contribution in [0.2, 0.25) is 0 Å². The van der Waals surface area contributed by atoms with E-state index < -0.39 is 23.2 Å². The summed E-state index contributed by atoms with van der Waals surface area (Å²) in [5.74, 6) is -1.08. The number of anilines is 1. The minimum atomic E-state index is -0.843. The van der Waals surface area contributed by atoms with Crippen molar-refractivity contribution in [3.63, 3.8) is 0 Å². The summed E-state index contributed by atoms with van der Waals surface area (Å²) in [5, 5.41) is 4.45. The average Bonchev–Trinajstić information content (AvgIpc) is 2.80. The molecule has 0 spiro atoms. The van der Waals surface area contributed by atoms with Crippen LogP contribution in [0.4, 0.5) is 14.5 Å². The fourth-order valence-corrected chi connectivity index (χ4v) is 3.35. The van der Waals surface area contributed by atoms with Crippen LogP contribution >= 0.6 is 0 Å². The second kappa shape index (κ2) is 9.47. The van der Waals surface area contributed by atoms with Crippen LogP contribution in [0.1, 0.15) is 22.8 Å². The van der Waals surface area contributed by atoms with Crippen LogP contribution in [0.25, 0.3) is 10.8 Å². The van der Waals surface area contributed by atoms with Gasteiger partial charge < -0.3 is 14.8 Å². The normalized spacial score (nSPS) is 10.7. The first-order valence-electron chi connectivity index (χ1n) is 10.2. The maximum Gasteiger partial charge on any atom is 0.255 e. The van der Waals surface area contributed by atoms with Crippen LogP contribution in [0, 0.1) is 11.6 Å². The molecule has 32 heavy (non-hydrogen) atoms. The van der Waals surface area contributed by atoms with Gasteiger partial charge in [0.15, 0.2) is 0 Å². The summed E-state index contributed by atoms with van der Waals surface area (Å²) in [7, 11) is 0. The van der Waals surface area contributed by atoms with E-state index in [-0.39, 0.29) is 12.2 Å². The van der Waals surface area contributed by atoms with E-state index in [4.69, 9.17) is 9.47 Å². The van der Waals surface area contributed by atoms with Gasteiger partial charge in [-0.2, -0.15) is 0 Å². The molecule has 4 aromatic carbocycles.